The molecular weight excluding hydrogens is 368 g/mol. The van der Waals surface area contributed by atoms with Crippen LogP contribution in [-0.4, -0.2) is 48.7 Å². The van der Waals surface area contributed by atoms with E-state index in [0.717, 1.165) is 60.9 Å². The number of amides is 1. The topological polar surface area (TPSA) is 76.6 Å². The molecule has 2 aliphatic heterocycles. The number of nitrogens with zero attached hydrogens (tertiary/aromatic N) is 3. The Kier molecular flexibility index (Phi) is 6.24. The molecule has 3 heterocycles. The summed E-state index contributed by atoms with van der Waals surface area (Å²) in [7, 11) is 1.66. The number of methoxy groups -OCH3 is 1. The largest absolute Gasteiger partial charge is 0.496 e. The lowest BCUT2D eigenvalue weighted by molar-refractivity contribution is -0.121. The van der Waals surface area contributed by atoms with Crippen molar-refractivity contribution < 1.29 is 14.3 Å². The van der Waals surface area contributed by atoms with E-state index in [9.17, 15) is 4.79 Å². The monoisotopic (exact) mass is 396 g/mol. The molecule has 154 valence electrons. The van der Waals surface area contributed by atoms with Crippen molar-refractivity contribution in [2.45, 2.75) is 44.8 Å². The van der Waals surface area contributed by atoms with Crippen LogP contribution in [0.1, 0.15) is 36.1 Å². The Morgan fingerprint density at radius 1 is 1.38 bits per heavy atom. The molecule has 1 saturated heterocycles. The number of carbonyl (C=O) groups is 1. The highest BCUT2D eigenvalue weighted by atomic mass is 16.5. The van der Waals surface area contributed by atoms with Crippen LogP contribution in [0.5, 0.6) is 5.75 Å². The third-order valence-corrected chi connectivity index (χ3v) is 5.57. The number of benzene rings is 1. The van der Waals surface area contributed by atoms with Crippen molar-refractivity contribution in [3.05, 3.63) is 47.3 Å². The van der Waals surface area contributed by atoms with Gasteiger partial charge in [0.2, 0.25) is 11.9 Å². The van der Waals surface area contributed by atoms with Gasteiger partial charge in [-0.3, -0.25) is 4.79 Å². The summed E-state index contributed by atoms with van der Waals surface area (Å²) >= 11 is 0. The molecule has 0 bridgehead atoms. The normalized spacial score (nSPS) is 18.8. The molecule has 7 nitrogen and oxygen atoms in total. The highest BCUT2D eigenvalue weighted by molar-refractivity contribution is 5.76. The van der Waals surface area contributed by atoms with E-state index in [1.165, 1.54) is 0 Å². The van der Waals surface area contributed by atoms with Gasteiger partial charge in [0.1, 0.15) is 5.75 Å². The highest BCUT2D eigenvalue weighted by Crippen LogP contribution is 2.21. The molecule has 1 fully saturated rings. The van der Waals surface area contributed by atoms with Crippen molar-refractivity contribution in [1.29, 1.82) is 0 Å². The summed E-state index contributed by atoms with van der Waals surface area (Å²) < 4.78 is 10.8. The number of aryl methyl sites for hydroxylation is 1. The number of ether oxygens (including phenoxy) is 2. The molecule has 0 spiro atoms. The Labute approximate surface area is 171 Å². The van der Waals surface area contributed by atoms with Gasteiger partial charge < -0.3 is 19.7 Å². The Hall–Kier alpha value is -2.67. The van der Waals surface area contributed by atoms with Crippen LogP contribution >= 0.6 is 0 Å². The van der Waals surface area contributed by atoms with Gasteiger partial charge in [-0.25, -0.2) is 9.97 Å². The molecule has 1 aromatic carbocycles. The van der Waals surface area contributed by atoms with Gasteiger partial charge in [0.05, 0.1) is 26.0 Å². The Balaban J connectivity index is 1.32. The average molecular weight is 396 g/mol. The lowest BCUT2D eigenvalue weighted by Gasteiger charge is -2.33. The van der Waals surface area contributed by atoms with E-state index >= 15 is 0 Å². The van der Waals surface area contributed by atoms with Gasteiger partial charge >= 0.3 is 0 Å². The second-order valence-electron chi connectivity index (χ2n) is 7.61. The molecule has 1 atom stereocenters. The molecule has 1 aromatic heterocycles. The van der Waals surface area contributed by atoms with Crippen LogP contribution in [0.15, 0.2) is 30.5 Å². The minimum absolute atomic E-state index is 0.0752. The van der Waals surface area contributed by atoms with Crippen molar-refractivity contribution in [2.24, 2.45) is 0 Å². The van der Waals surface area contributed by atoms with E-state index in [1.807, 2.05) is 30.5 Å². The summed E-state index contributed by atoms with van der Waals surface area (Å²) in [5, 5.41) is 3.19. The van der Waals surface area contributed by atoms with Gasteiger partial charge in [-0.1, -0.05) is 18.2 Å². The van der Waals surface area contributed by atoms with Gasteiger partial charge in [0, 0.05) is 43.7 Å². The zero-order valence-corrected chi connectivity index (χ0v) is 16.9. The number of para-hydroxylation sites is 1. The zero-order chi connectivity index (χ0) is 20.1. The minimum atomic E-state index is 0.0752. The minimum Gasteiger partial charge on any atom is -0.496 e. The Morgan fingerprint density at radius 2 is 2.28 bits per heavy atom. The summed E-state index contributed by atoms with van der Waals surface area (Å²) in [6.07, 6.45) is 5.83. The number of hydrogen-bond acceptors (Lipinski definition) is 6. The average Bonchev–Trinajstić information content (AvgIpc) is 2.77. The van der Waals surface area contributed by atoms with Crippen LogP contribution in [0.2, 0.25) is 0 Å². The number of hydrogen-bond donors (Lipinski definition) is 1. The zero-order valence-electron chi connectivity index (χ0n) is 16.9. The van der Waals surface area contributed by atoms with Crippen LogP contribution in [0, 0.1) is 0 Å². The first kappa shape index (κ1) is 19.6. The molecule has 1 amide bonds. The van der Waals surface area contributed by atoms with E-state index in [1.54, 1.807) is 7.11 Å². The summed E-state index contributed by atoms with van der Waals surface area (Å²) in [6.45, 7) is 2.98. The van der Waals surface area contributed by atoms with E-state index in [2.05, 4.69) is 15.2 Å². The first-order chi connectivity index (χ1) is 14.2. The summed E-state index contributed by atoms with van der Waals surface area (Å²) in [5.74, 6) is 1.67. The lowest BCUT2D eigenvalue weighted by Crippen LogP contribution is -2.48. The molecule has 2 aromatic rings. The maximum absolute atomic E-state index is 12.5. The molecule has 29 heavy (non-hydrogen) atoms. The van der Waals surface area contributed by atoms with Crippen molar-refractivity contribution in [3.8, 4) is 5.75 Å². The van der Waals surface area contributed by atoms with Crippen LogP contribution in [0.25, 0.3) is 0 Å². The smallest absolute Gasteiger partial charge is 0.225 e. The first-order valence-electron chi connectivity index (χ1n) is 10.3. The number of nitrogens with one attached hydrogen (secondary N) is 1. The van der Waals surface area contributed by atoms with Crippen molar-refractivity contribution in [3.63, 3.8) is 0 Å². The van der Waals surface area contributed by atoms with E-state index < -0.39 is 0 Å². The predicted octanol–water partition coefficient (Wildman–Crippen LogP) is 2.28. The van der Waals surface area contributed by atoms with Gasteiger partial charge in [0.15, 0.2) is 0 Å². The van der Waals surface area contributed by atoms with Gasteiger partial charge in [-0.15, -0.1) is 0 Å². The molecule has 1 N–H and O–H groups in total. The van der Waals surface area contributed by atoms with Crippen LogP contribution in [0.4, 0.5) is 5.95 Å². The fraction of sp³-hybridized carbons (Fsp3) is 0.500. The van der Waals surface area contributed by atoms with Crippen molar-refractivity contribution >= 4 is 11.9 Å². The second-order valence-corrected chi connectivity index (χ2v) is 7.61. The number of carbonyl (C=O) groups excluding carboxylic acids is 1. The number of rotatable bonds is 6. The highest BCUT2D eigenvalue weighted by Gasteiger charge is 2.24. The number of piperidine rings is 1. The molecule has 2 aliphatic rings. The lowest BCUT2D eigenvalue weighted by atomic mass is 10.0. The molecule has 4 rings (SSSR count). The van der Waals surface area contributed by atoms with E-state index in [0.29, 0.717) is 26.1 Å². The summed E-state index contributed by atoms with van der Waals surface area (Å²) in [4.78, 5) is 24.0. The van der Waals surface area contributed by atoms with E-state index in [4.69, 9.17) is 14.5 Å². The maximum atomic E-state index is 12.5. The Bertz CT molecular complexity index is 858. The predicted molar refractivity (Wildman–Crippen MR) is 110 cm³/mol. The number of fused-ring (bicyclic) bond motifs is 1. The standard InChI is InChI=1S/C22H28N4O3/c1-28-20-7-3-2-5-16(20)8-9-21(27)24-18-6-4-11-26(14-18)22-23-13-17-15-29-12-10-19(17)25-22/h2-3,5,7,13,18H,4,6,8-12,14-15H2,1H3,(H,24,27)/t18-/m0/s1. The van der Waals surface area contributed by atoms with Gasteiger partial charge in [0.25, 0.3) is 0 Å². The second kappa shape index (κ2) is 9.22. The van der Waals surface area contributed by atoms with Crippen LogP contribution in [0.3, 0.4) is 0 Å². The van der Waals surface area contributed by atoms with Crippen LogP contribution < -0.4 is 15.0 Å². The summed E-state index contributed by atoms with van der Waals surface area (Å²) in [6, 6.07) is 7.97. The fourth-order valence-corrected chi connectivity index (χ4v) is 4.01. The third kappa shape index (κ3) is 4.85. The SMILES string of the molecule is COc1ccccc1CCC(=O)N[C@H]1CCCN(c2ncc3c(n2)CCOC3)C1. The molecule has 0 saturated carbocycles. The van der Waals surface area contributed by atoms with Crippen molar-refractivity contribution in [1.82, 2.24) is 15.3 Å². The van der Waals surface area contributed by atoms with Gasteiger partial charge in [-0.2, -0.15) is 0 Å². The fourth-order valence-electron chi connectivity index (χ4n) is 4.01. The molecule has 0 aliphatic carbocycles. The van der Waals surface area contributed by atoms with Crippen molar-refractivity contribution in [2.75, 3.05) is 31.7 Å². The molecular formula is C22H28N4O3. The first-order valence-corrected chi connectivity index (χ1v) is 10.3. The van der Waals surface area contributed by atoms with Crippen LogP contribution in [-0.2, 0) is 29.0 Å². The maximum Gasteiger partial charge on any atom is 0.225 e. The Morgan fingerprint density at radius 3 is 3.17 bits per heavy atom. The van der Waals surface area contributed by atoms with Gasteiger partial charge in [-0.05, 0) is 30.9 Å². The third-order valence-electron chi connectivity index (χ3n) is 5.57. The number of aromatic nitrogens is 2. The van der Waals surface area contributed by atoms with E-state index in [-0.39, 0.29) is 11.9 Å². The quantitative estimate of drug-likeness (QED) is 0.807. The molecule has 0 radical (unpaired) electrons. The summed E-state index contributed by atoms with van der Waals surface area (Å²) in [5.41, 5.74) is 3.23. The molecule has 0 unspecified atom stereocenters. The molecule has 7 heteroatoms. The number of anilines is 1.